The van der Waals surface area contributed by atoms with Crippen molar-refractivity contribution in [3.8, 4) is 11.1 Å². The molecule has 0 saturated carbocycles. The zero-order valence-corrected chi connectivity index (χ0v) is 21.2. The van der Waals surface area contributed by atoms with E-state index in [9.17, 15) is 14.4 Å². The summed E-state index contributed by atoms with van der Waals surface area (Å²) in [6.07, 6.45) is -1.07. The molecule has 6 heteroatoms. The Bertz CT molecular complexity index is 1480. The van der Waals surface area contributed by atoms with Crippen molar-refractivity contribution in [2.45, 2.75) is 39.7 Å². The Morgan fingerprint density at radius 1 is 0.861 bits per heavy atom. The molecule has 1 aromatic heterocycles. The largest absolute Gasteiger partial charge is 0.448 e. The Morgan fingerprint density at radius 3 is 2.08 bits per heavy atom. The number of carbonyl (C=O) groups is 2. The van der Waals surface area contributed by atoms with Crippen molar-refractivity contribution in [1.29, 1.82) is 0 Å². The fraction of sp³-hybridized carbons (Fsp3) is 0.233. The molecule has 1 atom stereocenters. The van der Waals surface area contributed by atoms with Crippen LogP contribution >= 0.6 is 0 Å². The van der Waals surface area contributed by atoms with Gasteiger partial charge in [-0.3, -0.25) is 9.59 Å². The second-order valence-corrected chi connectivity index (χ2v) is 9.31. The van der Waals surface area contributed by atoms with Gasteiger partial charge in [0, 0.05) is 23.7 Å². The zero-order valence-electron chi connectivity index (χ0n) is 21.2. The van der Waals surface area contributed by atoms with Crippen molar-refractivity contribution in [3.05, 3.63) is 100.0 Å². The van der Waals surface area contributed by atoms with Gasteiger partial charge in [-0.2, -0.15) is 0 Å². The number of nitrogens with one attached hydrogen (secondary N) is 1. The average Bonchev–Trinajstić information content (AvgIpc) is 2.86. The Morgan fingerprint density at radius 2 is 1.47 bits per heavy atom. The number of aryl methyl sites for hydroxylation is 1. The average molecular weight is 483 g/mol. The Hall–Kier alpha value is -4.19. The highest BCUT2D eigenvalue weighted by molar-refractivity contribution is 6.07. The van der Waals surface area contributed by atoms with Gasteiger partial charge in [-0.1, -0.05) is 74.0 Å². The first kappa shape index (κ1) is 24.9. The molecule has 0 aliphatic carbocycles. The topological polar surface area (TPSA) is 77.4 Å². The number of aromatic nitrogens is 1. The highest BCUT2D eigenvalue weighted by Gasteiger charge is 2.26. The number of esters is 1. The van der Waals surface area contributed by atoms with E-state index in [0.717, 1.165) is 16.7 Å². The third-order valence-electron chi connectivity index (χ3n) is 6.34. The van der Waals surface area contributed by atoms with Crippen molar-refractivity contribution in [3.63, 3.8) is 0 Å². The summed E-state index contributed by atoms with van der Waals surface area (Å²) in [5.41, 5.74) is 4.01. The number of pyridine rings is 1. The molecule has 6 nitrogen and oxygen atoms in total. The van der Waals surface area contributed by atoms with E-state index in [1.165, 1.54) is 11.5 Å². The molecule has 0 radical (unpaired) electrons. The summed E-state index contributed by atoms with van der Waals surface area (Å²) < 4.78 is 6.89. The van der Waals surface area contributed by atoms with Gasteiger partial charge in [0.05, 0.1) is 0 Å². The second-order valence-electron chi connectivity index (χ2n) is 9.31. The van der Waals surface area contributed by atoms with Crippen LogP contribution in [0.1, 0.15) is 48.3 Å². The van der Waals surface area contributed by atoms with Gasteiger partial charge in [0.15, 0.2) is 6.10 Å². The lowest BCUT2D eigenvalue weighted by atomic mass is 9.96. The maximum Gasteiger partial charge on any atom is 0.356 e. The summed E-state index contributed by atoms with van der Waals surface area (Å²) in [5.74, 6) is -0.817. The van der Waals surface area contributed by atoms with E-state index in [2.05, 4.69) is 19.2 Å². The summed E-state index contributed by atoms with van der Waals surface area (Å²) in [7, 11) is 1.55. The number of nitrogens with zero attached hydrogens (tertiary/aromatic N) is 1. The number of fused-ring (bicyclic) bond motifs is 1. The monoisotopic (exact) mass is 482 g/mol. The van der Waals surface area contributed by atoms with E-state index >= 15 is 0 Å². The van der Waals surface area contributed by atoms with Crippen molar-refractivity contribution in [2.75, 3.05) is 5.32 Å². The van der Waals surface area contributed by atoms with Crippen molar-refractivity contribution < 1.29 is 14.3 Å². The molecule has 3 aromatic carbocycles. The summed E-state index contributed by atoms with van der Waals surface area (Å²) in [4.78, 5) is 39.3. The molecule has 0 spiro atoms. The first-order valence-electron chi connectivity index (χ1n) is 12.0. The van der Waals surface area contributed by atoms with Gasteiger partial charge in [0.2, 0.25) is 0 Å². The third-order valence-corrected chi connectivity index (χ3v) is 6.34. The van der Waals surface area contributed by atoms with Crippen LogP contribution in [0.4, 0.5) is 5.69 Å². The van der Waals surface area contributed by atoms with E-state index in [0.29, 0.717) is 27.9 Å². The molecule has 0 aliphatic rings. The predicted molar refractivity (Wildman–Crippen MR) is 143 cm³/mol. The van der Waals surface area contributed by atoms with E-state index in [4.69, 9.17) is 4.74 Å². The van der Waals surface area contributed by atoms with Crippen molar-refractivity contribution in [1.82, 2.24) is 4.57 Å². The van der Waals surface area contributed by atoms with Crippen LogP contribution in [0.3, 0.4) is 0 Å². The molecule has 1 unspecified atom stereocenters. The van der Waals surface area contributed by atoms with E-state index in [1.54, 1.807) is 19.2 Å². The molecule has 184 valence electrons. The Balaban J connectivity index is 1.68. The van der Waals surface area contributed by atoms with Crippen molar-refractivity contribution >= 4 is 28.3 Å². The fourth-order valence-corrected chi connectivity index (χ4v) is 4.18. The second kappa shape index (κ2) is 10.2. The van der Waals surface area contributed by atoms with Gasteiger partial charge in [0.25, 0.3) is 11.5 Å². The van der Waals surface area contributed by atoms with Crippen LogP contribution in [0.2, 0.25) is 0 Å². The minimum atomic E-state index is -1.07. The standard InChI is InChI=1S/C30H30N2O4/c1-18(2)21-14-16-23(17-15-21)31-28(33)20(4)36-30(35)27-26(22-12-10-19(3)11-13-22)24-8-6-7-9-25(24)29(34)32(27)5/h6-18,20H,1-5H3,(H,31,33). The van der Waals surface area contributed by atoms with E-state index in [1.807, 2.05) is 67.6 Å². The minimum absolute atomic E-state index is 0.100. The van der Waals surface area contributed by atoms with Crippen LogP contribution in [0, 0.1) is 6.92 Å². The lowest BCUT2D eigenvalue weighted by Gasteiger charge is -2.19. The summed E-state index contributed by atoms with van der Waals surface area (Å²) in [6.45, 7) is 7.69. The van der Waals surface area contributed by atoms with Gasteiger partial charge in [0.1, 0.15) is 5.69 Å². The summed E-state index contributed by atoms with van der Waals surface area (Å²) in [6, 6.07) is 22.5. The van der Waals surface area contributed by atoms with Crippen LogP contribution < -0.4 is 10.9 Å². The number of ether oxygens (including phenoxy) is 1. The van der Waals surface area contributed by atoms with Crippen LogP contribution in [0.15, 0.2) is 77.6 Å². The number of hydrogen-bond acceptors (Lipinski definition) is 4. The molecule has 4 rings (SSSR count). The normalized spacial score (nSPS) is 11.9. The highest BCUT2D eigenvalue weighted by Crippen LogP contribution is 2.31. The zero-order chi connectivity index (χ0) is 26.0. The quantitative estimate of drug-likeness (QED) is 0.351. The number of anilines is 1. The van der Waals surface area contributed by atoms with Crippen molar-refractivity contribution in [2.24, 2.45) is 7.05 Å². The SMILES string of the molecule is Cc1ccc(-c2c(C(=O)OC(C)C(=O)Nc3ccc(C(C)C)cc3)n(C)c(=O)c3ccccc23)cc1. The molecule has 0 fully saturated rings. The first-order valence-corrected chi connectivity index (χ1v) is 12.0. The molecular formula is C30H30N2O4. The number of hydrogen-bond donors (Lipinski definition) is 1. The van der Waals surface area contributed by atoms with Crippen LogP contribution in [-0.2, 0) is 16.6 Å². The molecule has 1 amide bonds. The van der Waals surface area contributed by atoms with Gasteiger partial charge in [-0.15, -0.1) is 0 Å². The molecule has 1 N–H and O–H groups in total. The number of amides is 1. The highest BCUT2D eigenvalue weighted by atomic mass is 16.5. The molecular weight excluding hydrogens is 452 g/mol. The summed E-state index contributed by atoms with van der Waals surface area (Å²) in [5, 5.41) is 3.94. The Labute approximate surface area is 210 Å². The maximum absolute atomic E-state index is 13.4. The van der Waals surface area contributed by atoms with Crippen LogP contribution in [0.5, 0.6) is 0 Å². The molecule has 0 saturated heterocycles. The van der Waals surface area contributed by atoms with E-state index in [-0.39, 0.29) is 11.3 Å². The molecule has 0 bridgehead atoms. The number of carbonyl (C=O) groups excluding carboxylic acids is 2. The third kappa shape index (κ3) is 4.93. The number of benzene rings is 3. The predicted octanol–water partition coefficient (Wildman–Crippen LogP) is 5.82. The lowest BCUT2D eigenvalue weighted by molar-refractivity contribution is -0.123. The first-order chi connectivity index (χ1) is 17.2. The molecule has 4 aromatic rings. The van der Waals surface area contributed by atoms with Gasteiger partial charge in [-0.25, -0.2) is 4.79 Å². The maximum atomic E-state index is 13.4. The minimum Gasteiger partial charge on any atom is -0.448 e. The number of rotatable bonds is 6. The smallest absolute Gasteiger partial charge is 0.356 e. The van der Waals surface area contributed by atoms with E-state index < -0.39 is 18.0 Å². The molecule has 1 heterocycles. The van der Waals surface area contributed by atoms with Gasteiger partial charge < -0.3 is 14.6 Å². The van der Waals surface area contributed by atoms with Crippen LogP contribution in [-0.4, -0.2) is 22.5 Å². The Kier molecular flexibility index (Phi) is 7.06. The molecule has 0 aliphatic heterocycles. The van der Waals surface area contributed by atoms with Gasteiger partial charge in [-0.05, 0) is 54.5 Å². The summed E-state index contributed by atoms with van der Waals surface area (Å²) >= 11 is 0. The van der Waals surface area contributed by atoms with Gasteiger partial charge >= 0.3 is 5.97 Å². The lowest BCUT2D eigenvalue weighted by Crippen LogP contribution is -2.32. The van der Waals surface area contributed by atoms with Crippen LogP contribution in [0.25, 0.3) is 21.9 Å². The molecule has 36 heavy (non-hydrogen) atoms. The fourth-order valence-electron chi connectivity index (χ4n) is 4.18.